The SMILES string of the molecule is O=C(O)[C@H]1CC(F)(F)CN1S(=O)(=O)C1CC1c1ccccc1. The molecule has 0 amide bonds. The molecule has 2 unspecified atom stereocenters. The van der Waals surface area contributed by atoms with E-state index in [4.69, 9.17) is 5.11 Å². The fraction of sp³-hybridized carbons (Fsp3) is 0.500. The Morgan fingerprint density at radius 3 is 2.50 bits per heavy atom. The van der Waals surface area contributed by atoms with Crippen molar-refractivity contribution < 1.29 is 27.1 Å². The highest BCUT2D eigenvalue weighted by Crippen LogP contribution is 2.49. The Bertz CT molecular complexity index is 692. The highest BCUT2D eigenvalue weighted by atomic mass is 32.2. The van der Waals surface area contributed by atoms with E-state index in [1.165, 1.54) is 0 Å². The van der Waals surface area contributed by atoms with Gasteiger partial charge in [-0.1, -0.05) is 30.3 Å². The van der Waals surface area contributed by atoms with Crippen molar-refractivity contribution >= 4 is 16.0 Å². The molecule has 1 aliphatic heterocycles. The minimum Gasteiger partial charge on any atom is -0.480 e. The lowest BCUT2D eigenvalue weighted by molar-refractivity contribution is -0.141. The zero-order valence-corrected chi connectivity index (χ0v) is 12.3. The van der Waals surface area contributed by atoms with Crippen molar-refractivity contribution in [3.63, 3.8) is 0 Å². The van der Waals surface area contributed by atoms with Crippen LogP contribution in [-0.2, 0) is 14.8 Å². The summed E-state index contributed by atoms with van der Waals surface area (Å²) >= 11 is 0. The summed E-state index contributed by atoms with van der Waals surface area (Å²) in [6.45, 7) is -1.05. The molecular weight excluding hydrogens is 316 g/mol. The summed E-state index contributed by atoms with van der Waals surface area (Å²) in [6, 6.07) is 7.25. The lowest BCUT2D eigenvalue weighted by Gasteiger charge is -2.20. The fourth-order valence-corrected chi connectivity index (χ4v) is 5.25. The van der Waals surface area contributed by atoms with Crippen molar-refractivity contribution in [3.8, 4) is 0 Å². The minimum atomic E-state index is -4.06. The van der Waals surface area contributed by atoms with Crippen molar-refractivity contribution in [2.45, 2.75) is 36.0 Å². The molecule has 0 aromatic heterocycles. The van der Waals surface area contributed by atoms with Gasteiger partial charge >= 0.3 is 5.97 Å². The molecule has 0 radical (unpaired) electrons. The molecular formula is C14H15F2NO4S. The van der Waals surface area contributed by atoms with Crippen LogP contribution >= 0.6 is 0 Å². The fourth-order valence-electron chi connectivity index (χ4n) is 2.99. The molecule has 22 heavy (non-hydrogen) atoms. The number of rotatable bonds is 4. The van der Waals surface area contributed by atoms with Crippen LogP contribution in [0.4, 0.5) is 8.78 Å². The monoisotopic (exact) mass is 331 g/mol. The van der Waals surface area contributed by atoms with Gasteiger partial charge in [-0.25, -0.2) is 17.2 Å². The van der Waals surface area contributed by atoms with Crippen LogP contribution in [0.5, 0.6) is 0 Å². The second-order valence-corrected chi connectivity index (χ2v) is 7.90. The number of nitrogens with zero attached hydrogens (tertiary/aromatic N) is 1. The van der Waals surface area contributed by atoms with E-state index in [0.717, 1.165) is 5.56 Å². The number of carbonyl (C=O) groups is 1. The summed E-state index contributed by atoms with van der Waals surface area (Å²) in [4.78, 5) is 11.1. The van der Waals surface area contributed by atoms with E-state index in [1.54, 1.807) is 30.3 Å². The van der Waals surface area contributed by atoms with Crippen molar-refractivity contribution in [1.29, 1.82) is 0 Å². The van der Waals surface area contributed by atoms with Gasteiger partial charge in [-0.3, -0.25) is 4.79 Å². The molecule has 1 N–H and O–H groups in total. The second-order valence-electron chi connectivity index (χ2n) is 5.80. The third kappa shape index (κ3) is 2.61. The Morgan fingerprint density at radius 1 is 1.27 bits per heavy atom. The Hall–Kier alpha value is -1.54. The van der Waals surface area contributed by atoms with Gasteiger partial charge in [0, 0.05) is 12.3 Å². The normalized spacial score (nSPS) is 31.1. The number of alkyl halides is 2. The number of benzene rings is 1. The zero-order valence-electron chi connectivity index (χ0n) is 11.5. The number of sulfonamides is 1. The average Bonchev–Trinajstić information content (AvgIpc) is 3.18. The number of halogens is 2. The molecule has 1 aromatic carbocycles. The number of aliphatic carboxylic acids is 1. The van der Waals surface area contributed by atoms with Crippen molar-refractivity contribution in [2.75, 3.05) is 6.54 Å². The van der Waals surface area contributed by atoms with Gasteiger partial charge in [-0.15, -0.1) is 0 Å². The molecule has 0 spiro atoms. The zero-order chi connectivity index (χ0) is 16.1. The van der Waals surface area contributed by atoms with E-state index >= 15 is 0 Å². The van der Waals surface area contributed by atoms with Crippen molar-refractivity contribution in [2.24, 2.45) is 0 Å². The summed E-state index contributed by atoms with van der Waals surface area (Å²) in [5, 5.41) is 8.21. The predicted molar refractivity (Wildman–Crippen MR) is 74.2 cm³/mol. The first-order valence-corrected chi connectivity index (χ1v) is 8.39. The first-order chi connectivity index (χ1) is 10.2. The smallest absolute Gasteiger partial charge is 0.322 e. The largest absolute Gasteiger partial charge is 0.480 e. The quantitative estimate of drug-likeness (QED) is 0.911. The molecule has 120 valence electrons. The molecule has 1 aliphatic carbocycles. The lowest BCUT2D eigenvalue weighted by Crippen LogP contribution is -2.42. The minimum absolute atomic E-state index is 0.255. The Morgan fingerprint density at radius 2 is 1.91 bits per heavy atom. The molecule has 3 rings (SSSR count). The third-order valence-corrected chi connectivity index (χ3v) is 6.50. The average molecular weight is 331 g/mol. The number of carboxylic acid groups (broad SMARTS) is 1. The van der Waals surface area contributed by atoms with Crippen LogP contribution in [-0.4, -0.2) is 47.6 Å². The van der Waals surface area contributed by atoms with E-state index in [2.05, 4.69) is 0 Å². The molecule has 2 aliphatic rings. The molecule has 1 saturated heterocycles. The van der Waals surface area contributed by atoms with Crippen molar-refractivity contribution in [3.05, 3.63) is 35.9 Å². The van der Waals surface area contributed by atoms with Crippen LogP contribution in [0.2, 0.25) is 0 Å². The number of hydrogen-bond acceptors (Lipinski definition) is 3. The highest BCUT2D eigenvalue weighted by Gasteiger charge is 2.58. The van der Waals surface area contributed by atoms with Gasteiger partial charge in [0.2, 0.25) is 10.0 Å². The molecule has 5 nitrogen and oxygen atoms in total. The maximum absolute atomic E-state index is 13.5. The number of carboxylic acids is 1. The highest BCUT2D eigenvalue weighted by molar-refractivity contribution is 7.90. The third-order valence-electron chi connectivity index (χ3n) is 4.18. The van der Waals surface area contributed by atoms with Crippen LogP contribution in [0.1, 0.15) is 24.3 Å². The van der Waals surface area contributed by atoms with Crippen molar-refractivity contribution in [1.82, 2.24) is 4.31 Å². The van der Waals surface area contributed by atoms with Gasteiger partial charge < -0.3 is 5.11 Å². The first-order valence-electron chi connectivity index (χ1n) is 6.88. The predicted octanol–water partition coefficient (Wildman–Crippen LogP) is 1.67. The van der Waals surface area contributed by atoms with Crippen LogP contribution < -0.4 is 0 Å². The molecule has 1 heterocycles. The standard InChI is InChI=1S/C14H15F2NO4S/c15-14(16)7-11(13(18)19)17(8-14)22(20,21)12-6-10(12)9-4-2-1-3-5-9/h1-5,10-12H,6-8H2,(H,18,19)/t10?,11-,12?/m1/s1. The Kier molecular flexibility index (Phi) is 3.48. The summed E-state index contributed by atoms with van der Waals surface area (Å²) in [5.41, 5.74) is 0.828. The summed E-state index contributed by atoms with van der Waals surface area (Å²) in [6.07, 6.45) is -0.634. The summed E-state index contributed by atoms with van der Waals surface area (Å²) in [7, 11) is -4.06. The van der Waals surface area contributed by atoms with E-state index in [9.17, 15) is 22.0 Å². The van der Waals surface area contributed by atoms with E-state index < -0.39 is 46.2 Å². The molecule has 0 bridgehead atoms. The number of hydrogen-bond donors (Lipinski definition) is 1. The molecule has 8 heteroatoms. The second kappa shape index (κ2) is 4.99. The van der Waals surface area contributed by atoms with Crippen LogP contribution in [0.25, 0.3) is 0 Å². The summed E-state index contributed by atoms with van der Waals surface area (Å²) < 4.78 is 52.4. The molecule has 2 fully saturated rings. The Labute approximate surface area is 126 Å². The van der Waals surface area contributed by atoms with E-state index in [1.807, 2.05) is 0 Å². The van der Waals surface area contributed by atoms with Crippen LogP contribution in [0.3, 0.4) is 0 Å². The molecule has 1 aromatic rings. The van der Waals surface area contributed by atoms with Gasteiger partial charge in [0.15, 0.2) is 0 Å². The molecule has 1 saturated carbocycles. The van der Waals surface area contributed by atoms with E-state index in [0.29, 0.717) is 10.7 Å². The topological polar surface area (TPSA) is 74.7 Å². The molecule has 3 atom stereocenters. The Balaban J connectivity index is 1.83. The van der Waals surface area contributed by atoms with E-state index in [-0.39, 0.29) is 5.92 Å². The van der Waals surface area contributed by atoms with Gasteiger partial charge in [-0.05, 0) is 12.0 Å². The van der Waals surface area contributed by atoms with Gasteiger partial charge in [0.25, 0.3) is 5.92 Å². The van der Waals surface area contributed by atoms with Gasteiger partial charge in [0.1, 0.15) is 6.04 Å². The van der Waals surface area contributed by atoms with Crippen LogP contribution in [0, 0.1) is 0 Å². The van der Waals surface area contributed by atoms with Gasteiger partial charge in [0.05, 0.1) is 11.8 Å². The van der Waals surface area contributed by atoms with Gasteiger partial charge in [-0.2, -0.15) is 4.31 Å². The maximum Gasteiger partial charge on any atom is 0.322 e. The lowest BCUT2D eigenvalue weighted by atomic mass is 10.1. The summed E-state index contributed by atoms with van der Waals surface area (Å²) in [5.74, 6) is -5.08. The first kappa shape index (κ1) is 15.4. The maximum atomic E-state index is 13.5. The van der Waals surface area contributed by atoms with Crippen LogP contribution in [0.15, 0.2) is 30.3 Å².